The van der Waals surface area contributed by atoms with Crippen molar-refractivity contribution in [2.24, 2.45) is 15.9 Å². The number of oxime groups is 1. The third kappa shape index (κ3) is 31.5. The van der Waals surface area contributed by atoms with E-state index >= 15 is 0 Å². The van der Waals surface area contributed by atoms with Crippen LogP contribution in [0.2, 0.25) is 0 Å². The predicted octanol–water partition coefficient (Wildman–Crippen LogP) is 1.92. The van der Waals surface area contributed by atoms with Crippen molar-refractivity contribution in [1.29, 1.82) is 5.41 Å². The Morgan fingerprint density at radius 3 is 1.93 bits per heavy atom. The minimum Gasteiger partial charge on any atom is -0.493 e. The number of aliphatic carboxylic acids is 5. The summed E-state index contributed by atoms with van der Waals surface area (Å²) in [6.45, 7) is 10.0. The molecule has 2 aliphatic heterocycles. The highest BCUT2D eigenvalue weighted by atomic mass is 33.1. The Labute approximate surface area is 726 Å². The number of fused-ring (bicyclic) bond motifs is 3. The Kier molecular flexibility index (Phi) is 38.5. The van der Waals surface area contributed by atoms with Gasteiger partial charge in [0.05, 0.1) is 93.7 Å². The molecular weight excluding hydrogens is 1700 g/mol. The average molecular weight is 1800 g/mol. The first kappa shape index (κ1) is 98.8. The van der Waals surface area contributed by atoms with E-state index in [1.165, 1.54) is 70.1 Å². The lowest BCUT2D eigenvalue weighted by Gasteiger charge is -2.26. The molecule has 1 saturated heterocycles. The summed E-state index contributed by atoms with van der Waals surface area (Å²) in [6.07, 6.45) is 1.06. The lowest BCUT2D eigenvalue weighted by atomic mass is 10.1. The number of rotatable bonds is 53. The number of carboxylic acids is 5. The summed E-state index contributed by atoms with van der Waals surface area (Å²) in [6, 6.07) is -0.438. The molecule has 126 heavy (non-hydrogen) atoms. The lowest BCUT2D eigenvalue weighted by molar-refractivity contribution is -0.144. The fourth-order valence-corrected chi connectivity index (χ4v) is 14.4. The summed E-state index contributed by atoms with van der Waals surface area (Å²) < 4.78 is 29.0. The smallest absolute Gasteiger partial charge is 0.411 e. The number of unbranched alkanes of at least 4 members (excludes halogenated alkanes) is 2. The first-order valence-electron chi connectivity index (χ1n) is 38.8. The van der Waals surface area contributed by atoms with Gasteiger partial charge in [0.25, 0.3) is 23.3 Å². The van der Waals surface area contributed by atoms with E-state index < -0.39 is 175 Å². The monoisotopic (exact) mass is 1790 g/mol. The van der Waals surface area contributed by atoms with Crippen molar-refractivity contribution in [3.05, 3.63) is 112 Å². The third-order valence-electron chi connectivity index (χ3n) is 18.4. The molecule has 7 rings (SSSR count). The quantitative estimate of drug-likeness (QED) is 0.00660. The molecule has 9 amide bonds. The van der Waals surface area contributed by atoms with Crippen molar-refractivity contribution in [2.45, 2.75) is 144 Å². The number of guanidine groups is 1. The number of anilines is 3. The number of amides is 9. The average Bonchev–Trinajstić information content (AvgIpc) is 1.51. The second-order valence-corrected chi connectivity index (χ2v) is 31.1. The Morgan fingerprint density at radius 2 is 1.32 bits per heavy atom. The van der Waals surface area contributed by atoms with E-state index in [1.807, 2.05) is 5.32 Å². The van der Waals surface area contributed by atoms with Crippen molar-refractivity contribution in [3.63, 3.8) is 0 Å². The van der Waals surface area contributed by atoms with Crippen molar-refractivity contribution in [2.75, 3.05) is 82.9 Å². The molecule has 3 aromatic carbocycles. The van der Waals surface area contributed by atoms with Gasteiger partial charge in [0.15, 0.2) is 40.1 Å². The maximum Gasteiger partial charge on any atom is 0.411 e. The highest BCUT2D eigenvalue weighted by Gasteiger charge is 2.38. The van der Waals surface area contributed by atoms with Gasteiger partial charge >= 0.3 is 35.9 Å². The number of H-pyrrole nitrogens is 1. The van der Waals surface area contributed by atoms with Crippen molar-refractivity contribution < 1.29 is 121 Å². The van der Waals surface area contributed by atoms with Crippen LogP contribution in [-0.2, 0) is 64.1 Å². The molecule has 0 saturated carbocycles. The number of carbonyl (C=O) groups excluding carboxylic acids is 9. The summed E-state index contributed by atoms with van der Waals surface area (Å²) in [5.74, 6) is -17.1. The Bertz CT molecular complexity index is 5000. The van der Waals surface area contributed by atoms with Crippen molar-refractivity contribution >= 4 is 157 Å². The summed E-state index contributed by atoms with van der Waals surface area (Å²) in [7, 11) is 6.04. The summed E-state index contributed by atoms with van der Waals surface area (Å²) in [5.41, 5.74) is 13.3. The zero-order valence-electron chi connectivity index (χ0n) is 68.7. The van der Waals surface area contributed by atoms with Crippen molar-refractivity contribution in [3.8, 4) is 23.0 Å². The molecule has 46 nitrogen and oxygen atoms in total. The molecule has 21 N–H and O–H groups in total. The second-order valence-electron chi connectivity index (χ2n) is 28.2. The molecule has 1 fully saturated rings. The summed E-state index contributed by atoms with van der Waals surface area (Å²) >= 11 is 0. The minimum atomic E-state index is -2.22. The number of nitrogens with zero attached hydrogens (tertiary/aromatic N) is 6. The fourth-order valence-electron chi connectivity index (χ4n) is 12.1. The number of carboxylic acid groups (broad SMARTS) is 5. The number of ether oxygens (including phenoxy) is 5. The molecule has 8 atom stereocenters. The predicted molar refractivity (Wildman–Crippen MR) is 456 cm³/mol. The van der Waals surface area contributed by atoms with E-state index in [0.29, 0.717) is 84.8 Å². The van der Waals surface area contributed by atoms with Crippen molar-refractivity contribution in [1.82, 2.24) is 67.4 Å². The van der Waals surface area contributed by atoms with E-state index in [2.05, 4.69) is 91.1 Å². The highest BCUT2D eigenvalue weighted by molar-refractivity contribution is 8.77. The van der Waals surface area contributed by atoms with Crippen LogP contribution < -0.4 is 89.1 Å². The molecule has 678 valence electrons. The van der Waals surface area contributed by atoms with Crippen LogP contribution in [0.1, 0.15) is 127 Å². The zero-order valence-corrected chi connectivity index (χ0v) is 70.3. The van der Waals surface area contributed by atoms with Crippen LogP contribution in [0.3, 0.4) is 0 Å². The highest BCUT2D eigenvalue weighted by Crippen LogP contribution is 2.39. The molecule has 0 radical (unpaired) electrons. The topological polar surface area (TPSA) is 691 Å². The van der Waals surface area contributed by atoms with Gasteiger partial charge in [-0.05, 0) is 101 Å². The van der Waals surface area contributed by atoms with Gasteiger partial charge in [-0.15, -0.1) is 0 Å². The number of carbonyl (C=O) groups is 14. The Morgan fingerprint density at radius 1 is 0.714 bits per heavy atom. The first-order chi connectivity index (χ1) is 60.0. The first-order valence-corrected chi connectivity index (χ1v) is 41.2. The zero-order chi connectivity index (χ0) is 92.3. The fraction of sp³-hybridized carbons (Fsp3) is 0.423. The van der Waals surface area contributed by atoms with Gasteiger partial charge in [0, 0.05) is 72.9 Å². The number of benzene rings is 3. The van der Waals surface area contributed by atoms with Crippen LogP contribution in [0, 0.1) is 5.41 Å². The number of nitrogens with two attached hydrogens (primary N) is 2. The SMILES string of the molecule is C=C(CC/C=N/OC)CNC(=O)c1cc(OC)c(OCCCCCOc2cc3c(cc2OC)C(=O)N2CC(=C)C[C@H]2C=N3)cc1NC(=O)OCC(C)SSC[C@H](NC(=O)[C@H](CC(=O)O)NC(=O)[C@H](CC(=O)O)NC(=O)[C@H](CCCNC(=N)N)NC(=O)[C@H](CC(=O)O)NC(=O)CC[C@H](NC(=O)c1ccc(NCc2cnc3nc(N)[nH]c(=O)c3n2)cc1)C(=O)O)C(=O)O. The number of aromatic nitrogens is 4. The number of hydrogen-bond donors (Lipinski definition) is 19. The third-order valence-corrected chi connectivity index (χ3v) is 21.3. The molecule has 2 aliphatic rings. The number of methoxy groups -OCH3 is 2. The van der Waals surface area contributed by atoms with Gasteiger partial charge < -0.3 is 118 Å². The van der Waals surface area contributed by atoms with Crippen LogP contribution in [0.25, 0.3) is 11.2 Å². The molecule has 0 bridgehead atoms. The van der Waals surface area contributed by atoms with Crippen LogP contribution >= 0.6 is 21.6 Å². The molecule has 2 aromatic heterocycles. The van der Waals surface area contributed by atoms with Gasteiger partial charge in [-0.2, -0.15) is 4.98 Å². The number of aromatic amines is 1. The van der Waals surface area contributed by atoms with Gasteiger partial charge in [0.2, 0.25) is 35.5 Å². The van der Waals surface area contributed by atoms with Gasteiger partial charge in [-0.1, -0.05) is 51.0 Å². The standard InChI is InChI=1S/C78H98N20O26S2/c1-39(12-10-21-87-121-6)32-86-67(107)46-25-56(119-4)59(123-23-9-7-8-22-122-58-27-50-47(26-57(58)120-5)73(113)98-36-40(2)24-45(98)35-84-50)28-51(46)95-78(118)124-37-41(3)126-125-38-55(75(116)117)94-71(111)54(31-63(104)105)93-70(110)53(30-62(102)103)92-68(108)48(13-11-20-82-76(79)80)90-69(109)52(29-61(100)101)89-60(99)19-18-49(74(114)115)91-66(106)42-14-16-43(17-15-42)83-33-44-34-85-65-64(88-44)72(112)97-77(81)96-65/h14-17,21,25-28,34-35,41,45,48-49,52-55,83H,1-2,7-13,18-20,22-24,29-33,36-38H2,3-6H3,(H,86,107)(H,89,99)(H,90,109)(H,91,106)(H,92,108)(H,93,110)(H,94,111)(H,95,118)(H,100,101)(H,102,103)(H,104,105)(H,114,115)(H,116,117)(H4,79,80,82)(H3,81,85,96,97,112)/b87-21+/t41?,45-,48-,49-,52-,53-,54-,55-/m0/s1. The molecule has 0 spiro atoms. The van der Waals surface area contributed by atoms with E-state index in [9.17, 15) is 97.5 Å². The van der Waals surface area contributed by atoms with E-state index in [4.69, 9.17) is 45.4 Å². The van der Waals surface area contributed by atoms with Crippen LogP contribution in [0.4, 0.5) is 27.8 Å². The molecule has 4 heterocycles. The van der Waals surface area contributed by atoms with E-state index in [0.717, 1.165) is 27.2 Å². The molecule has 1 unspecified atom stereocenters. The van der Waals surface area contributed by atoms with Crippen LogP contribution in [0.15, 0.2) is 94.0 Å². The number of nitrogens with one attached hydrogen (secondary N) is 12. The van der Waals surface area contributed by atoms with E-state index in [-0.39, 0.29) is 103 Å². The summed E-state index contributed by atoms with van der Waals surface area (Å²) in [4.78, 5) is 223. The van der Waals surface area contributed by atoms with Gasteiger partial charge in [0.1, 0.15) is 50.0 Å². The molecule has 0 aliphatic carbocycles. The number of hydrogen-bond acceptors (Lipinski definition) is 31. The normalized spacial score (nSPS) is 14.2. The maximum atomic E-state index is 14.1. The van der Waals surface area contributed by atoms with Crippen LogP contribution in [0.5, 0.6) is 23.0 Å². The minimum absolute atomic E-state index is 0.0239. The number of nitrogen functional groups attached to an aromatic ring is 1. The maximum absolute atomic E-state index is 14.1. The van der Waals surface area contributed by atoms with Gasteiger partial charge in [-0.3, -0.25) is 78.2 Å². The van der Waals surface area contributed by atoms with Gasteiger partial charge in [-0.25, -0.2) is 24.4 Å². The molecule has 48 heteroatoms. The molecular formula is C78H98N20O26S2. The Balaban J connectivity index is 0.920. The Hall–Kier alpha value is -14.4. The number of aliphatic imine (C=N–C) groups is 1. The largest absolute Gasteiger partial charge is 0.493 e. The second kappa shape index (κ2) is 49.1. The summed E-state index contributed by atoms with van der Waals surface area (Å²) in [5, 5.41) is 84.0. The van der Waals surface area contributed by atoms with Crippen LogP contribution in [-0.4, -0.2) is 266 Å². The van der Waals surface area contributed by atoms with E-state index in [1.54, 1.807) is 30.2 Å². The lowest BCUT2D eigenvalue weighted by Crippen LogP contribution is -2.59. The molecule has 5 aromatic rings.